The smallest absolute Gasteiger partial charge is 0.291 e. The molecule has 6 nitrogen and oxygen atoms in total. The number of nitrogens with zero attached hydrogens (tertiary/aromatic N) is 1. The van der Waals surface area contributed by atoms with Crippen LogP contribution in [0.4, 0.5) is 0 Å². The lowest BCUT2D eigenvalue weighted by Gasteiger charge is -2.27. The van der Waals surface area contributed by atoms with Gasteiger partial charge in [-0.05, 0) is 70.9 Å². The molecular weight excluding hydrogens is 525 g/mol. The Morgan fingerprint density at radius 2 is 1.59 bits per heavy atom. The first-order valence-corrected chi connectivity index (χ1v) is 17.7. The summed E-state index contributed by atoms with van der Waals surface area (Å²) >= 11 is 0.833. The molecule has 210 valence electrons. The Bertz CT molecular complexity index is 1100. The summed E-state index contributed by atoms with van der Waals surface area (Å²) in [6.45, 7) is 6.54. The van der Waals surface area contributed by atoms with Crippen LogP contribution < -0.4 is 5.32 Å². The number of sulfonamides is 1. The number of thiophene rings is 1. The summed E-state index contributed by atoms with van der Waals surface area (Å²) in [5.74, 6) is 0. The number of fused-ring (bicyclic) bond motifs is 1. The minimum absolute atomic E-state index is 0.00867. The van der Waals surface area contributed by atoms with E-state index in [2.05, 4.69) is 40.9 Å². The maximum absolute atomic E-state index is 12.8. The van der Waals surface area contributed by atoms with Crippen LogP contribution >= 0.6 is 11.3 Å². The third kappa shape index (κ3) is 10.4. The van der Waals surface area contributed by atoms with E-state index in [0.29, 0.717) is 24.9 Å². The highest BCUT2D eigenvalue weighted by Crippen LogP contribution is 2.43. The molecule has 1 aliphatic heterocycles. The van der Waals surface area contributed by atoms with Gasteiger partial charge in [0.05, 0.1) is 5.25 Å². The van der Waals surface area contributed by atoms with Crippen molar-refractivity contribution in [3.8, 4) is 0 Å². The average Bonchev–Trinajstić information content (AvgIpc) is 3.33. The number of rotatable bonds is 18. The topological polar surface area (TPSA) is 92.7 Å². The molecular formula is C28H46N2O4S3. The highest BCUT2D eigenvalue weighted by Gasteiger charge is 2.39. The van der Waals surface area contributed by atoms with Gasteiger partial charge in [-0.25, -0.2) is 8.42 Å². The molecule has 0 spiro atoms. The fraction of sp³-hybridized carbons (Fsp3) is 0.679. The zero-order chi connectivity index (χ0) is 27.2. The van der Waals surface area contributed by atoms with E-state index in [0.717, 1.165) is 43.4 Å². The van der Waals surface area contributed by atoms with E-state index in [9.17, 15) is 16.8 Å². The summed E-state index contributed by atoms with van der Waals surface area (Å²) in [6.07, 6.45) is 24.2. The van der Waals surface area contributed by atoms with Crippen LogP contribution in [0.2, 0.25) is 0 Å². The van der Waals surface area contributed by atoms with E-state index in [1.807, 2.05) is 6.92 Å². The van der Waals surface area contributed by atoms with Crippen molar-refractivity contribution in [1.82, 2.24) is 5.32 Å². The first-order valence-electron chi connectivity index (χ1n) is 13.9. The molecule has 1 aromatic heterocycles. The molecule has 0 radical (unpaired) electrons. The van der Waals surface area contributed by atoms with E-state index >= 15 is 0 Å². The molecule has 1 N–H and O–H groups in total. The number of hydrogen-bond donors (Lipinski definition) is 1. The van der Waals surface area contributed by atoms with Crippen molar-refractivity contribution in [2.24, 2.45) is 4.40 Å². The quantitative estimate of drug-likeness (QED) is 0.112. The Morgan fingerprint density at radius 1 is 0.973 bits per heavy atom. The first kappa shape index (κ1) is 31.9. The lowest BCUT2D eigenvalue weighted by atomic mass is 10.1. The molecule has 2 rings (SSSR count). The molecule has 0 bridgehead atoms. The van der Waals surface area contributed by atoms with E-state index in [4.69, 9.17) is 0 Å². The van der Waals surface area contributed by atoms with Gasteiger partial charge in [0.15, 0.2) is 9.84 Å². The Kier molecular flexibility index (Phi) is 14.3. The zero-order valence-corrected chi connectivity index (χ0v) is 25.3. The molecule has 0 aliphatic carbocycles. The van der Waals surface area contributed by atoms with Crippen LogP contribution in [-0.4, -0.2) is 34.8 Å². The largest absolute Gasteiger partial charge is 0.310 e. The van der Waals surface area contributed by atoms with Gasteiger partial charge in [0.2, 0.25) is 0 Å². The maximum atomic E-state index is 12.8. The second-order valence-electron chi connectivity index (χ2n) is 9.79. The number of hydrogen-bond acceptors (Lipinski definition) is 6. The number of sulfone groups is 1. The number of allylic oxidation sites excluding steroid dienone is 4. The normalized spacial score (nSPS) is 19.9. The third-order valence-electron chi connectivity index (χ3n) is 6.64. The Hall–Kier alpha value is -1.29. The van der Waals surface area contributed by atoms with Crippen LogP contribution in [0, 0.1) is 0 Å². The summed E-state index contributed by atoms with van der Waals surface area (Å²) in [5.41, 5.74) is 0.562. The predicted molar refractivity (Wildman–Crippen MR) is 157 cm³/mol. The van der Waals surface area contributed by atoms with Crippen LogP contribution in [0.5, 0.6) is 0 Å². The van der Waals surface area contributed by atoms with E-state index in [-0.39, 0.29) is 14.5 Å². The van der Waals surface area contributed by atoms with E-state index in [1.54, 1.807) is 6.92 Å². The van der Waals surface area contributed by atoms with Crippen molar-refractivity contribution < 1.29 is 16.8 Å². The Labute approximate surface area is 229 Å². The lowest BCUT2D eigenvalue weighted by molar-refractivity contribution is 0.477. The fourth-order valence-electron chi connectivity index (χ4n) is 4.42. The van der Waals surface area contributed by atoms with Gasteiger partial charge in [0.25, 0.3) is 10.0 Å². The SMILES string of the molecule is CCCCC/C=C/C/C=C\CCCCCCC/C=N/S(=O)(=O)c1cc2c(s1)S(=O)(=O)[C@@H](C)C[C@@H]2NCC. The fourth-order valence-corrected chi connectivity index (χ4v) is 9.31. The van der Waals surface area contributed by atoms with Crippen LogP contribution in [0.15, 0.2) is 43.2 Å². The van der Waals surface area contributed by atoms with Crippen LogP contribution in [0.25, 0.3) is 0 Å². The second kappa shape index (κ2) is 16.6. The second-order valence-corrected chi connectivity index (χ2v) is 15.3. The van der Waals surface area contributed by atoms with Gasteiger partial charge in [-0.1, -0.05) is 70.3 Å². The van der Waals surface area contributed by atoms with Crippen LogP contribution in [0.3, 0.4) is 0 Å². The standard InChI is InChI=1S/C28H46N2O4S3/c1-4-6-7-8-9-10-11-12-13-14-15-16-17-18-19-20-21-30-37(33,34)27-23-25-26(29-5-2)22-24(3)36(31,32)28(25)35-27/h9-10,12-13,21,23-24,26,29H,4-8,11,14-20,22H2,1-3H3/b10-9+,13-12-,30-21+/t24-,26-/m0/s1. The minimum atomic E-state index is -3.90. The number of nitrogens with one attached hydrogen (secondary N) is 1. The first-order chi connectivity index (χ1) is 17.7. The molecule has 1 aromatic rings. The lowest BCUT2D eigenvalue weighted by Crippen LogP contribution is -2.33. The maximum Gasteiger partial charge on any atom is 0.291 e. The Balaban J connectivity index is 1.69. The summed E-state index contributed by atoms with van der Waals surface area (Å²) in [7, 11) is -7.41. The van der Waals surface area contributed by atoms with Crippen molar-refractivity contribution in [3.05, 3.63) is 35.9 Å². The van der Waals surface area contributed by atoms with Crippen LogP contribution in [0.1, 0.15) is 116 Å². The van der Waals surface area contributed by atoms with E-state index < -0.39 is 25.1 Å². The molecule has 2 atom stereocenters. The van der Waals surface area contributed by atoms with Crippen molar-refractivity contribution >= 4 is 37.4 Å². The van der Waals surface area contributed by atoms with Gasteiger partial charge < -0.3 is 5.32 Å². The molecule has 0 aromatic carbocycles. The molecule has 0 saturated carbocycles. The zero-order valence-electron chi connectivity index (χ0n) is 22.8. The van der Waals surface area contributed by atoms with Gasteiger partial charge in [-0.15, -0.1) is 11.3 Å². The number of unbranched alkanes of at least 4 members (excludes halogenated alkanes) is 9. The van der Waals surface area contributed by atoms with Crippen LogP contribution in [-0.2, 0) is 19.9 Å². The van der Waals surface area contributed by atoms with Gasteiger partial charge >= 0.3 is 0 Å². The summed E-state index contributed by atoms with van der Waals surface area (Å²) in [5, 5.41) is 2.74. The van der Waals surface area contributed by atoms with Crippen molar-refractivity contribution in [3.63, 3.8) is 0 Å². The molecule has 1 aliphatic rings. The molecule has 9 heteroatoms. The molecule has 2 heterocycles. The van der Waals surface area contributed by atoms with Crippen molar-refractivity contribution in [2.75, 3.05) is 6.54 Å². The Morgan fingerprint density at radius 3 is 2.24 bits per heavy atom. The van der Waals surface area contributed by atoms with Gasteiger partial charge in [0.1, 0.15) is 8.42 Å². The minimum Gasteiger partial charge on any atom is -0.310 e. The summed E-state index contributed by atoms with van der Waals surface area (Å²) in [4.78, 5) is 0. The molecule has 0 saturated heterocycles. The van der Waals surface area contributed by atoms with Crippen molar-refractivity contribution in [2.45, 2.75) is 124 Å². The highest BCUT2D eigenvalue weighted by molar-refractivity contribution is 7.96. The van der Waals surface area contributed by atoms with Gasteiger partial charge in [-0.3, -0.25) is 0 Å². The van der Waals surface area contributed by atoms with Crippen molar-refractivity contribution in [1.29, 1.82) is 0 Å². The third-order valence-corrected chi connectivity index (χ3v) is 12.3. The molecule has 0 fully saturated rings. The summed E-state index contributed by atoms with van der Waals surface area (Å²) < 4.78 is 55.0. The monoisotopic (exact) mass is 570 g/mol. The summed E-state index contributed by atoms with van der Waals surface area (Å²) in [6, 6.07) is 1.34. The van der Waals surface area contributed by atoms with Gasteiger partial charge in [0, 0.05) is 17.8 Å². The average molecular weight is 571 g/mol. The molecule has 0 unspecified atom stereocenters. The molecule has 0 amide bonds. The predicted octanol–water partition coefficient (Wildman–Crippen LogP) is 7.54. The highest BCUT2D eigenvalue weighted by atomic mass is 32.3. The van der Waals surface area contributed by atoms with E-state index in [1.165, 1.54) is 50.8 Å². The molecule has 37 heavy (non-hydrogen) atoms. The van der Waals surface area contributed by atoms with Gasteiger partial charge in [-0.2, -0.15) is 12.8 Å².